The SMILES string of the molecule is Cc1c(O)[nH]c(O)c1C(=O)[C@@H](NC(=O)C[C@H](NC(=O)c1cccc(F)n1)c1ccccc1)C(C)C. The van der Waals surface area contributed by atoms with Crippen LogP contribution in [0.2, 0.25) is 0 Å². The minimum absolute atomic E-state index is 0.105. The van der Waals surface area contributed by atoms with E-state index in [-0.39, 0.29) is 35.0 Å². The summed E-state index contributed by atoms with van der Waals surface area (Å²) in [5.74, 6) is -3.73. The van der Waals surface area contributed by atoms with E-state index in [1.165, 1.54) is 19.1 Å². The molecule has 0 bridgehead atoms. The lowest BCUT2D eigenvalue weighted by Gasteiger charge is -2.24. The van der Waals surface area contributed by atoms with E-state index >= 15 is 0 Å². The molecule has 2 heterocycles. The number of carbonyl (C=O) groups excluding carboxylic acids is 3. The van der Waals surface area contributed by atoms with Gasteiger partial charge in [-0.3, -0.25) is 19.4 Å². The van der Waals surface area contributed by atoms with E-state index in [0.29, 0.717) is 5.56 Å². The third kappa shape index (κ3) is 6.03. The number of rotatable bonds is 9. The summed E-state index contributed by atoms with van der Waals surface area (Å²) in [5, 5.41) is 25.2. The molecule has 184 valence electrons. The average Bonchev–Trinajstić information content (AvgIpc) is 3.07. The van der Waals surface area contributed by atoms with Gasteiger partial charge in [0.2, 0.25) is 17.7 Å². The van der Waals surface area contributed by atoms with Crippen LogP contribution >= 0.6 is 0 Å². The molecule has 0 saturated carbocycles. The molecular formula is C25H27FN4O5. The number of hydrogen-bond donors (Lipinski definition) is 5. The average molecular weight is 483 g/mol. The number of hydrogen-bond acceptors (Lipinski definition) is 6. The molecule has 2 amide bonds. The van der Waals surface area contributed by atoms with Gasteiger partial charge in [-0.1, -0.05) is 50.2 Å². The molecule has 5 N–H and O–H groups in total. The van der Waals surface area contributed by atoms with Gasteiger partial charge in [0.05, 0.1) is 24.1 Å². The molecule has 35 heavy (non-hydrogen) atoms. The number of nitrogens with one attached hydrogen (secondary N) is 3. The lowest BCUT2D eigenvalue weighted by atomic mass is 9.93. The summed E-state index contributed by atoms with van der Waals surface area (Å²) in [6.07, 6.45) is -0.217. The number of pyridine rings is 1. The summed E-state index contributed by atoms with van der Waals surface area (Å²) in [5.41, 5.74) is 0.555. The molecule has 0 radical (unpaired) electrons. The predicted molar refractivity (Wildman–Crippen MR) is 125 cm³/mol. The first kappa shape index (κ1) is 25.4. The number of H-pyrrole nitrogens is 1. The Morgan fingerprint density at radius 2 is 1.69 bits per heavy atom. The fourth-order valence-electron chi connectivity index (χ4n) is 3.68. The minimum atomic E-state index is -1.00. The number of aromatic nitrogens is 2. The number of aromatic hydroxyl groups is 2. The maximum atomic E-state index is 13.5. The third-order valence-corrected chi connectivity index (χ3v) is 5.56. The zero-order chi connectivity index (χ0) is 25.7. The number of halogens is 1. The topological polar surface area (TPSA) is 144 Å². The smallest absolute Gasteiger partial charge is 0.270 e. The molecule has 0 saturated heterocycles. The van der Waals surface area contributed by atoms with Gasteiger partial charge in [-0.25, -0.2) is 4.98 Å². The van der Waals surface area contributed by atoms with Crippen LogP contribution in [0.15, 0.2) is 48.5 Å². The highest BCUT2D eigenvalue weighted by atomic mass is 19.1. The van der Waals surface area contributed by atoms with Crippen molar-refractivity contribution in [3.63, 3.8) is 0 Å². The van der Waals surface area contributed by atoms with Crippen LogP contribution in [0.4, 0.5) is 4.39 Å². The van der Waals surface area contributed by atoms with Crippen LogP contribution in [0.25, 0.3) is 0 Å². The first-order chi connectivity index (χ1) is 16.6. The van der Waals surface area contributed by atoms with E-state index in [4.69, 9.17) is 0 Å². The summed E-state index contributed by atoms with van der Waals surface area (Å²) in [4.78, 5) is 44.7. The van der Waals surface area contributed by atoms with Crippen molar-refractivity contribution in [3.05, 3.63) is 76.9 Å². The Morgan fingerprint density at radius 3 is 2.26 bits per heavy atom. The molecule has 0 fully saturated rings. The zero-order valence-corrected chi connectivity index (χ0v) is 19.5. The Hall–Kier alpha value is -4.21. The Kier molecular flexibility index (Phi) is 7.85. The van der Waals surface area contributed by atoms with Crippen molar-refractivity contribution in [2.45, 2.75) is 39.3 Å². The van der Waals surface area contributed by atoms with Crippen LogP contribution in [0, 0.1) is 18.8 Å². The summed E-state index contributed by atoms with van der Waals surface area (Å²) in [7, 11) is 0. The van der Waals surface area contributed by atoms with Crippen LogP contribution in [-0.4, -0.2) is 43.8 Å². The fourth-order valence-corrected chi connectivity index (χ4v) is 3.68. The van der Waals surface area contributed by atoms with Gasteiger partial charge in [0.15, 0.2) is 11.7 Å². The van der Waals surface area contributed by atoms with Crippen molar-refractivity contribution < 1.29 is 29.0 Å². The molecule has 0 aliphatic carbocycles. The Labute approximate surface area is 201 Å². The Bertz CT molecular complexity index is 1230. The molecule has 0 spiro atoms. The van der Waals surface area contributed by atoms with Gasteiger partial charge in [-0.15, -0.1) is 0 Å². The van der Waals surface area contributed by atoms with Crippen LogP contribution in [0.5, 0.6) is 11.8 Å². The monoisotopic (exact) mass is 482 g/mol. The van der Waals surface area contributed by atoms with Crippen molar-refractivity contribution in [1.29, 1.82) is 0 Å². The number of carbonyl (C=O) groups is 3. The van der Waals surface area contributed by atoms with Crippen molar-refractivity contribution in [2.75, 3.05) is 0 Å². The quantitative estimate of drug-likeness (QED) is 0.234. The number of benzene rings is 1. The Morgan fingerprint density at radius 1 is 1.00 bits per heavy atom. The molecule has 2 aromatic heterocycles. The first-order valence-corrected chi connectivity index (χ1v) is 11.0. The summed E-state index contributed by atoms with van der Waals surface area (Å²) in [6, 6.07) is 10.8. The van der Waals surface area contributed by atoms with Gasteiger partial charge in [0.1, 0.15) is 5.69 Å². The van der Waals surface area contributed by atoms with Crippen LogP contribution < -0.4 is 10.6 Å². The molecular weight excluding hydrogens is 455 g/mol. The minimum Gasteiger partial charge on any atom is -0.494 e. The van der Waals surface area contributed by atoms with Crippen LogP contribution in [0.1, 0.15) is 58.3 Å². The Balaban J connectivity index is 1.80. The molecule has 0 aliphatic heterocycles. The maximum absolute atomic E-state index is 13.5. The fraction of sp³-hybridized carbons (Fsp3) is 0.280. The number of nitrogens with zero attached hydrogens (tertiary/aromatic N) is 1. The number of ketones is 1. The normalized spacial score (nSPS) is 12.7. The second-order valence-corrected chi connectivity index (χ2v) is 8.46. The molecule has 3 rings (SSSR count). The van der Waals surface area contributed by atoms with E-state index in [0.717, 1.165) is 6.07 Å². The van der Waals surface area contributed by atoms with Crippen molar-refractivity contribution in [2.24, 2.45) is 5.92 Å². The zero-order valence-electron chi connectivity index (χ0n) is 19.5. The standard InChI is InChI=1S/C25H27FN4O5/c1-13(2)21(22(32)20-14(3)23(33)30-25(20)35)29-19(31)12-17(15-8-5-4-6-9-15)28-24(34)16-10-7-11-18(26)27-16/h4-11,13,17,21,30,33,35H,12H2,1-3H3,(H,28,34)(H,29,31)/t17-,21-/m0/s1. The molecule has 1 aromatic carbocycles. The second-order valence-electron chi connectivity index (χ2n) is 8.46. The highest BCUT2D eigenvalue weighted by Crippen LogP contribution is 2.30. The van der Waals surface area contributed by atoms with Gasteiger partial charge in [-0.05, 0) is 30.5 Å². The molecule has 10 heteroatoms. The lowest BCUT2D eigenvalue weighted by Crippen LogP contribution is -2.45. The summed E-state index contributed by atoms with van der Waals surface area (Å²) < 4.78 is 13.5. The van der Waals surface area contributed by atoms with Crippen LogP contribution in [0.3, 0.4) is 0 Å². The van der Waals surface area contributed by atoms with Crippen LogP contribution in [-0.2, 0) is 4.79 Å². The molecule has 3 aromatic rings. The molecule has 2 atom stereocenters. The summed E-state index contributed by atoms with van der Waals surface area (Å²) >= 11 is 0. The predicted octanol–water partition coefficient (Wildman–Crippen LogP) is 3.15. The number of Topliss-reactive ketones (excluding diaryl/α,β-unsaturated/α-hetero) is 1. The second kappa shape index (κ2) is 10.8. The molecule has 0 aliphatic rings. The van der Waals surface area contributed by atoms with E-state index in [1.807, 2.05) is 0 Å². The molecule has 0 unspecified atom stereocenters. The van der Waals surface area contributed by atoms with E-state index in [9.17, 15) is 29.0 Å². The van der Waals surface area contributed by atoms with Gasteiger partial charge in [0, 0.05) is 5.56 Å². The number of amides is 2. The van der Waals surface area contributed by atoms with Crippen molar-refractivity contribution >= 4 is 17.6 Å². The highest BCUT2D eigenvalue weighted by molar-refractivity contribution is 6.05. The summed E-state index contributed by atoms with van der Waals surface area (Å²) in [6.45, 7) is 4.93. The maximum Gasteiger partial charge on any atom is 0.270 e. The highest BCUT2D eigenvalue weighted by Gasteiger charge is 2.31. The number of aromatic amines is 1. The lowest BCUT2D eigenvalue weighted by molar-refractivity contribution is -0.122. The van der Waals surface area contributed by atoms with Gasteiger partial charge < -0.3 is 20.8 Å². The van der Waals surface area contributed by atoms with E-state index in [1.54, 1.807) is 44.2 Å². The molecule has 9 nitrogen and oxygen atoms in total. The third-order valence-electron chi connectivity index (χ3n) is 5.56. The largest absolute Gasteiger partial charge is 0.494 e. The van der Waals surface area contributed by atoms with E-state index in [2.05, 4.69) is 20.6 Å². The van der Waals surface area contributed by atoms with Crippen molar-refractivity contribution in [3.8, 4) is 11.8 Å². The van der Waals surface area contributed by atoms with Gasteiger partial charge in [0.25, 0.3) is 5.91 Å². The van der Waals surface area contributed by atoms with Gasteiger partial charge >= 0.3 is 0 Å². The van der Waals surface area contributed by atoms with E-state index < -0.39 is 41.5 Å². The van der Waals surface area contributed by atoms with Crippen molar-refractivity contribution in [1.82, 2.24) is 20.6 Å². The van der Waals surface area contributed by atoms with Gasteiger partial charge in [-0.2, -0.15) is 4.39 Å². The first-order valence-electron chi connectivity index (χ1n) is 11.0.